The van der Waals surface area contributed by atoms with Gasteiger partial charge >= 0.3 is 18.0 Å². The summed E-state index contributed by atoms with van der Waals surface area (Å²) in [5, 5.41) is 14.8. The number of methoxy groups -OCH3 is 1. The van der Waals surface area contributed by atoms with Gasteiger partial charge in [0.05, 0.1) is 13.7 Å². The Labute approximate surface area is 163 Å². The summed E-state index contributed by atoms with van der Waals surface area (Å²) in [6.45, 7) is 6.76. The van der Waals surface area contributed by atoms with Crippen LogP contribution in [0.15, 0.2) is 24.3 Å². The summed E-state index contributed by atoms with van der Waals surface area (Å²) in [5.74, 6) is -2.14. The van der Waals surface area contributed by atoms with Crippen LogP contribution in [0.5, 0.6) is 11.5 Å². The molecule has 0 aromatic heterocycles. The normalized spacial score (nSPS) is 13.7. The summed E-state index contributed by atoms with van der Waals surface area (Å²) in [4.78, 5) is 33.9. The van der Waals surface area contributed by atoms with Crippen molar-refractivity contribution in [2.24, 2.45) is 0 Å². The van der Waals surface area contributed by atoms with Crippen LogP contribution in [-0.2, 0) is 14.3 Å². The van der Waals surface area contributed by atoms with Crippen molar-refractivity contribution in [3.8, 4) is 11.5 Å². The predicted molar refractivity (Wildman–Crippen MR) is 98.8 cm³/mol. The van der Waals surface area contributed by atoms with E-state index in [0.29, 0.717) is 26.3 Å². The summed E-state index contributed by atoms with van der Waals surface area (Å²) in [5.41, 5.74) is 0. The van der Waals surface area contributed by atoms with Gasteiger partial charge in [0.25, 0.3) is 0 Å². The van der Waals surface area contributed by atoms with Gasteiger partial charge in [-0.2, -0.15) is 0 Å². The SMILES string of the molecule is CCOC(=O)N1CCN(CCOc2ccccc2OC)CC1.O=C(O)C(=O)O. The first-order chi connectivity index (χ1) is 13.4. The number of piperazine rings is 1. The largest absolute Gasteiger partial charge is 0.493 e. The van der Waals surface area contributed by atoms with Gasteiger partial charge in [-0.15, -0.1) is 0 Å². The Balaban J connectivity index is 0.000000568. The lowest BCUT2D eigenvalue weighted by atomic mass is 10.3. The zero-order chi connectivity index (χ0) is 20.9. The number of rotatable bonds is 6. The molecule has 0 bridgehead atoms. The fourth-order valence-corrected chi connectivity index (χ4v) is 2.39. The second-order valence-corrected chi connectivity index (χ2v) is 5.64. The van der Waals surface area contributed by atoms with Crippen LogP contribution in [0.1, 0.15) is 6.92 Å². The Hall–Kier alpha value is -3.01. The number of carbonyl (C=O) groups excluding carboxylic acids is 1. The van der Waals surface area contributed by atoms with Crippen molar-refractivity contribution in [2.45, 2.75) is 6.92 Å². The molecule has 0 atom stereocenters. The monoisotopic (exact) mass is 398 g/mol. The molecular formula is C18H26N2O8. The molecule has 1 saturated heterocycles. The maximum atomic E-state index is 11.6. The minimum atomic E-state index is -1.82. The highest BCUT2D eigenvalue weighted by Crippen LogP contribution is 2.25. The Morgan fingerprint density at radius 1 is 1.00 bits per heavy atom. The number of carboxylic acid groups (broad SMARTS) is 2. The van der Waals surface area contributed by atoms with Crippen molar-refractivity contribution in [1.82, 2.24) is 9.80 Å². The molecule has 10 heteroatoms. The molecule has 2 rings (SSSR count). The van der Waals surface area contributed by atoms with E-state index in [9.17, 15) is 4.79 Å². The van der Waals surface area contributed by atoms with E-state index in [4.69, 9.17) is 34.0 Å². The molecule has 1 aliphatic rings. The number of amides is 1. The minimum absolute atomic E-state index is 0.215. The number of hydrogen-bond acceptors (Lipinski definition) is 7. The quantitative estimate of drug-likeness (QED) is 0.675. The molecule has 1 aromatic carbocycles. The van der Waals surface area contributed by atoms with Crippen molar-refractivity contribution in [3.05, 3.63) is 24.3 Å². The second-order valence-electron chi connectivity index (χ2n) is 5.64. The molecule has 0 saturated carbocycles. The Morgan fingerprint density at radius 3 is 2.07 bits per heavy atom. The summed E-state index contributed by atoms with van der Waals surface area (Å²) in [7, 11) is 1.64. The number of ether oxygens (including phenoxy) is 3. The highest BCUT2D eigenvalue weighted by molar-refractivity contribution is 6.27. The van der Waals surface area contributed by atoms with Crippen LogP contribution < -0.4 is 9.47 Å². The third-order valence-electron chi connectivity index (χ3n) is 3.82. The standard InChI is InChI=1S/C16H24N2O4.C2H2O4/c1-3-21-16(19)18-10-8-17(9-11-18)12-13-22-15-7-5-4-6-14(15)20-2;3-1(4)2(5)6/h4-7H,3,8-13H2,1-2H3;(H,3,4)(H,5,6). The number of benzene rings is 1. The van der Waals surface area contributed by atoms with Gasteiger partial charge in [0.2, 0.25) is 0 Å². The minimum Gasteiger partial charge on any atom is -0.493 e. The van der Waals surface area contributed by atoms with E-state index in [1.807, 2.05) is 31.2 Å². The van der Waals surface area contributed by atoms with E-state index in [0.717, 1.165) is 31.1 Å². The lowest BCUT2D eigenvalue weighted by Crippen LogP contribution is -2.49. The van der Waals surface area contributed by atoms with Crippen LogP contribution in [0.3, 0.4) is 0 Å². The van der Waals surface area contributed by atoms with Crippen LogP contribution in [-0.4, -0.2) is 91.1 Å². The smallest absolute Gasteiger partial charge is 0.414 e. The van der Waals surface area contributed by atoms with Crippen molar-refractivity contribution in [3.63, 3.8) is 0 Å². The number of hydrogen-bond donors (Lipinski definition) is 2. The van der Waals surface area contributed by atoms with Crippen LogP contribution in [0, 0.1) is 0 Å². The highest BCUT2D eigenvalue weighted by Gasteiger charge is 2.21. The summed E-state index contributed by atoms with van der Waals surface area (Å²) >= 11 is 0. The molecule has 1 aromatic rings. The van der Waals surface area contributed by atoms with Gasteiger partial charge < -0.3 is 29.3 Å². The number of carbonyl (C=O) groups is 3. The molecule has 2 N–H and O–H groups in total. The molecule has 0 unspecified atom stereocenters. The van der Waals surface area contributed by atoms with Crippen molar-refractivity contribution in [2.75, 3.05) is 53.0 Å². The summed E-state index contributed by atoms with van der Waals surface area (Å²) in [6.07, 6.45) is -0.215. The van der Waals surface area contributed by atoms with Crippen LogP contribution in [0.25, 0.3) is 0 Å². The first-order valence-electron chi connectivity index (χ1n) is 8.75. The van der Waals surface area contributed by atoms with Gasteiger partial charge in [-0.3, -0.25) is 4.90 Å². The molecule has 1 fully saturated rings. The maximum Gasteiger partial charge on any atom is 0.414 e. The first-order valence-corrected chi connectivity index (χ1v) is 8.75. The van der Waals surface area contributed by atoms with E-state index < -0.39 is 11.9 Å². The van der Waals surface area contributed by atoms with Crippen LogP contribution in [0.2, 0.25) is 0 Å². The third-order valence-corrected chi connectivity index (χ3v) is 3.82. The molecule has 0 spiro atoms. The number of nitrogens with zero attached hydrogens (tertiary/aromatic N) is 2. The third kappa shape index (κ3) is 8.12. The average Bonchev–Trinajstić information content (AvgIpc) is 2.69. The predicted octanol–water partition coefficient (Wildman–Crippen LogP) is 1.00. The number of carboxylic acids is 2. The topological polar surface area (TPSA) is 126 Å². The maximum absolute atomic E-state index is 11.6. The molecule has 1 heterocycles. The van der Waals surface area contributed by atoms with Gasteiger partial charge in [0, 0.05) is 32.7 Å². The summed E-state index contributed by atoms with van der Waals surface area (Å²) < 4.78 is 16.0. The van der Waals surface area contributed by atoms with E-state index in [-0.39, 0.29) is 6.09 Å². The lowest BCUT2D eigenvalue weighted by Gasteiger charge is -2.33. The number of para-hydroxylation sites is 2. The lowest BCUT2D eigenvalue weighted by molar-refractivity contribution is -0.159. The molecule has 0 aliphatic carbocycles. The van der Waals surface area contributed by atoms with Crippen molar-refractivity contribution < 1.29 is 38.8 Å². The van der Waals surface area contributed by atoms with E-state index in [1.54, 1.807) is 12.0 Å². The Morgan fingerprint density at radius 2 is 1.57 bits per heavy atom. The Kier molecular flexibility index (Phi) is 10.2. The highest BCUT2D eigenvalue weighted by atomic mass is 16.6. The molecular weight excluding hydrogens is 372 g/mol. The average molecular weight is 398 g/mol. The van der Waals surface area contributed by atoms with Crippen LogP contribution >= 0.6 is 0 Å². The molecule has 1 aliphatic heterocycles. The fraction of sp³-hybridized carbons (Fsp3) is 0.500. The molecule has 28 heavy (non-hydrogen) atoms. The van der Waals surface area contributed by atoms with E-state index >= 15 is 0 Å². The van der Waals surface area contributed by atoms with Gasteiger partial charge in [-0.05, 0) is 19.1 Å². The fourth-order valence-electron chi connectivity index (χ4n) is 2.39. The summed E-state index contributed by atoms with van der Waals surface area (Å²) in [6, 6.07) is 7.63. The Bertz CT molecular complexity index is 632. The molecule has 156 valence electrons. The molecule has 1 amide bonds. The molecule has 0 radical (unpaired) electrons. The first kappa shape index (κ1) is 23.0. The van der Waals surface area contributed by atoms with Crippen molar-refractivity contribution >= 4 is 18.0 Å². The van der Waals surface area contributed by atoms with Crippen molar-refractivity contribution in [1.29, 1.82) is 0 Å². The van der Waals surface area contributed by atoms with Crippen LogP contribution in [0.4, 0.5) is 4.79 Å². The van der Waals surface area contributed by atoms with E-state index in [2.05, 4.69) is 4.90 Å². The number of aliphatic carboxylic acids is 2. The van der Waals surface area contributed by atoms with Gasteiger partial charge in [0.1, 0.15) is 6.61 Å². The molecule has 10 nitrogen and oxygen atoms in total. The van der Waals surface area contributed by atoms with Gasteiger partial charge in [0.15, 0.2) is 11.5 Å². The van der Waals surface area contributed by atoms with E-state index in [1.165, 1.54) is 0 Å². The van der Waals surface area contributed by atoms with Gasteiger partial charge in [-0.1, -0.05) is 12.1 Å². The zero-order valence-electron chi connectivity index (χ0n) is 16.0. The zero-order valence-corrected chi connectivity index (χ0v) is 16.0. The second kappa shape index (κ2) is 12.4. The van der Waals surface area contributed by atoms with Gasteiger partial charge in [-0.25, -0.2) is 14.4 Å².